The summed E-state index contributed by atoms with van der Waals surface area (Å²) in [7, 11) is -4.48. The van der Waals surface area contributed by atoms with Crippen molar-refractivity contribution in [2.45, 2.75) is 77.7 Å². The van der Waals surface area contributed by atoms with E-state index in [9.17, 15) is 9.46 Å². The Labute approximate surface area is 243 Å². The monoisotopic (exact) mass is 583 g/mol. The van der Waals surface area contributed by atoms with Gasteiger partial charge in [0.1, 0.15) is 5.75 Å². The van der Waals surface area contributed by atoms with E-state index in [2.05, 4.69) is 17.2 Å². The molecule has 0 radical (unpaired) electrons. The molecular formula is C32H42NO5PS. The Morgan fingerprint density at radius 2 is 1.50 bits per heavy atom. The number of hydrogen-bond donors (Lipinski definition) is 1. The van der Waals surface area contributed by atoms with Crippen LogP contribution in [0.25, 0.3) is 10.8 Å². The van der Waals surface area contributed by atoms with Crippen LogP contribution in [0.2, 0.25) is 0 Å². The van der Waals surface area contributed by atoms with Crippen molar-refractivity contribution >= 4 is 30.4 Å². The van der Waals surface area contributed by atoms with Gasteiger partial charge >= 0.3 is 7.82 Å². The molecule has 1 aliphatic heterocycles. The van der Waals surface area contributed by atoms with E-state index in [1.54, 1.807) is 30.0 Å². The van der Waals surface area contributed by atoms with Crippen LogP contribution in [-0.2, 0) is 11.1 Å². The van der Waals surface area contributed by atoms with Gasteiger partial charge in [-0.1, -0.05) is 101 Å². The molecule has 6 nitrogen and oxygen atoms in total. The molecule has 0 saturated heterocycles. The first-order chi connectivity index (χ1) is 19.5. The van der Waals surface area contributed by atoms with Crippen LogP contribution in [0.4, 0.5) is 0 Å². The van der Waals surface area contributed by atoms with E-state index in [-0.39, 0.29) is 11.5 Å². The van der Waals surface area contributed by atoms with Crippen molar-refractivity contribution in [3.8, 4) is 17.2 Å². The molecule has 0 fully saturated rings. The molecule has 1 N–H and O–H groups in total. The molecule has 8 heteroatoms. The molecule has 1 atom stereocenters. The predicted molar refractivity (Wildman–Crippen MR) is 166 cm³/mol. The highest BCUT2D eigenvalue weighted by molar-refractivity contribution is 8.02. The molecular weight excluding hydrogens is 541 g/mol. The quantitative estimate of drug-likeness (QED) is 0.118. The number of ether oxygens (including phenoxy) is 1. The Kier molecular flexibility index (Phi) is 12.1. The van der Waals surface area contributed by atoms with Crippen LogP contribution in [0.5, 0.6) is 17.2 Å². The third-order valence-electron chi connectivity index (χ3n) is 6.89. The minimum Gasteiger partial charge on any atom is -0.490 e. The Balaban J connectivity index is 1.32. The van der Waals surface area contributed by atoms with E-state index in [0.717, 1.165) is 35.1 Å². The van der Waals surface area contributed by atoms with E-state index in [1.165, 1.54) is 51.4 Å². The van der Waals surface area contributed by atoms with Crippen molar-refractivity contribution in [1.82, 2.24) is 4.90 Å². The number of phosphoric acid groups is 1. The summed E-state index contributed by atoms with van der Waals surface area (Å²) in [5.74, 6) is 1.82. The van der Waals surface area contributed by atoms with Gasteiger partial charge in [0.2, 0.25) is 0 Å². The largest absolute Gasteiger partial charge is 0.585 e. The Morgan fingerprint density at radius 3 is 2.17 bits per heavy atom. The van der Waals surface area contributed by atoms with Crippen LogP contribution in [0.1, 0.15) is 76.7 Å². The van der Waals surface area contributed by atoms with Gasteiger partial charge in [-0.3, -0.25) is 4.89 Å². The number of thioether (sulfide) groups is 1. The lowest BCUT2D eigenvalue weighted by Crippen LogP contribution is -2.12. The van der Waals surface area contributed by atoms with Gasteiger partial charge in [-0.05, 0) is 52.4 Å². The lowest BCUT2D eigenvalue weighted by atomic mass is 10.1. The van der Waals surface area contributed by atoms with E-state index < -0.39 is 7.82 Å². The average Bonchev–Trinajstić information content (AvgIpc) is 3.44. The minimum atomic E-state index is -4.48. The molecule has 0 amide bonds. The van der Waals surface area contributed by atoms with Gasteiger partial charge in [-0.15, -0.1) is 11.8 Å². The van der Waals surface area contributed by atoms with Crippen molar-refractivity contribution in [2.24, 2.45) is 0 Å². The second-order valence-corrected chi connectivity index (χ2v) is 12.5. The third kappa shape index (κ3) is 10.1. The molecule has 1 heterocycles. The van der Waals surface area contributed by atoms with Crippen LogP contribution < -0.4 is 13.8 Å². The smallest absolute Gasteiger partial charge is 0.490 e. The lowest BCUT2D eigenvalue weighted by molar-refractivity contribution is 0.268. The highest BCUT2D eigenvalue weighted by atomic mass is 32.2. The Morgan fingerprint density at radius 1 is 0.825 bits per heavy atom. The van der Waals surface area contributed by atoms with Crippen LogP contribution in [0.15, 0.2) is 72.3 Å². The zero-order valence-electron chi connectivity index (χ0n) is 23.5. The van der Waals surface area contributed by atoms with Crippen LogP contribution in [0.3, 0.4) is 0 Å². The number of unbranched alkanes of at least 4 members (excludes halogenated alkanes) is 9. The summed E-state index contributed by atoms with van der Waals surface area (Å²) in [5.41, 5.74) is 0.982. The molecule has 216 valence electrons. The maximum Gasteiger partial charge on any atom is 0.585 e. The minimum absolute atomic E-state index is 0.201. The van der Waals surface area contributed by atoms with Gasteiger partial charge in [0.25, 0.3) is 0 Å². The van der Waals surface area contributed by atoms with Gasteiger partial charge in [-0.2, -0.15) is 0 Å². The van der Waals surface area contributed by atoms with Gasteiger partial charge in [0.05, 0.1) is 12.5 Å². The molecule has 0 saturated carbocycles. The molecule has 0 aromatic heterocycles. The maximum atomic E-state index is 13.1. The van der Waals surface area contributed by atoms with E-state index in [4.69, 9.17) is 13.8 Å². The lowest BCUT2D eigenvalue weighted by Gasteiger charge is -2.18. The fourth-order valence-corrected chi connectivity index (χ4v) is 6.30. The fourth-order valence-electron chi connectivity index (χ4n) is 4.77. The summed E-state index contributed by atoms with van der Waals surface area (Å²) in [6, 6.07) is 18.6. The summed E-state index contributed by atoms with van der Waals surface area (Å²) >= 11 is 1.73. The SMILES string of the molecule is CCCCCCCCCCCCOc1cc2ccccc2cc1OP(=O)(O)Oc1cccc(CN2C=CSC2)c1. The zero-order chi connectivity index (χ0) is 28.0. The second kappa shape index (κ2) is 16.0. The summed E-state index contributed by atoms with van der Waals surface area (Å²) in [6.45, 7) is 3.46. The highest BCUT2D eigenvalue weighted by Gasteiger charge is 2.27. The first-order valence-electron chi connectivity index (χ1n) is 14.5. The van der Waals surface area contributed by atoms with Gasteiger partial charge in [0.15, 0.2) is 11.5 Å². The van der Waals surface area contributed by atoms with Gasteiger partial charge in [-0.25, -0.2) is 4.57 Å². The highest BCUT2D eigenvalue weighted by Crippen LogP contribution is 2.48. The summed E-state index contributed by atoms with van der Waals surface area (Å²) in [4.78, 5) is 12.8. The van der Waals surface area contributed by atoms with Crippen LogP contribution in [0, 0.1) is 0 Å². The standard InChI is InChI=1S/C32H42NO5PS/c1-2-3-4-5-6-7-8-9-10-13-20-36-31-23-28-16-11-12-17-29(28)24-32(31)38-39(34,35)37-30-18-14-15-27(22-30)25-33-19-21-40-26-33/h11-12,14-19,21-24H,2-10,13,20,25-26H2,1H3,(H,34,35). The topological polar surface area (TPSA) is 68.2 Å². The van der Waals surface area contributed by atoms with Crippen LogP contribution in [-0.4, -0.2) is 22.3 Å². The fraction of sp³-hybridized carbons (Fsp3) is 0.438. The van der Waals surface area contributed by atoms with Crippen molar-refractivity contribution in [1.29, 1.82) is 0 Å². The maximum absolute atomic E-state index is 13.1. The molecule has 0 bridgehead atoms. The first-order valence-corrected chi connectivity index (χ1v) is 17.1. The Hall–Kier alpha value is -2.60. The van der Waals surface area contributed by atoms with Crippen molar-refractivity contribution < 1.29 is 23.2 Å². The number of benzene rings is 3. The van der Waals surface area contributed by atoms with Crippen molar-refractivity contribution in [3.05, 3.63) is 77.8 Å². The van der Waals surface area contributed by atoms with Crippen LogP contribution >= 0.6 is 19.6 Å². The second-order valence-electron chi connectivity index (χ2n) is 10.3. The third-order valence-corrected chi connectivity index (χ3v) is 8.56. The molecule has 3 aromatic carbocycles. The van der Waals surface area contributed by atoms with E-state index >= 15 is 0 Å². The first kappa shape index (κ1) is 30.4. The Bertz CT molecular complexity index is 1280. The number of rotatable bonds is 18. The number of fused-ring (bicyclic) bond motifs is 1. The zero-order valence-corrected chi connectivity index (χ0v) is 25.2. The van der Waals surface area contributed by atoms with Crippen molar-refractivity contribution in [3.63, 3.8) is 0 Å². The molecule has 0 spiro atoms. The number of phosphoric ester groups is 1. The summed E-state index contributed by atoms with van der Waals surface area (Å²) < 4.78 is 30.3. The van der Waals surface area contributed by atoms with Gasteiger partial charge in [0, 0.05) is 12.7 Å². The number of nitrogens with zero attached hydrogens (tertiary/aromatic N) is 1. The van der Waals surface area contributed by atoms with Gasteiger partial charge < -0.3 is 18.7 Å². The van der Waals surface area contributed by atoms with E-state index in [0.29, 0.717) is 18.9 Å². The molecule has 4 rings (SSSR count). The normalized spacial score (nSPS) is 14.4. The van der Waals surface area contributed by atoms with E-state index in [1.807, 2.05) is 48.7 Å². The molecule has 1 unspecified atom stereocenters. The number of hydrogen-bond acceptors (Lipinski definition) is 6. The summed E-state index contributed by atoms with van der Waals surface area (Å²) in [6.07, 6.45) is 14.5. The predicted octanol–water partition coefficient (Wildman–Crippen LogP) is 9.68. The summed E-state index contributed by atoms with van der Waals surface area (Å²) in [5, 5.41) is 3.92. The molecule has 3 aromatic rings. The average molecular weight is 584 g/mol. The molecule has 1 aliphatic rings. The van der Waals surface area contributed by atoms with Crippen molar-refractivity contribution in [2.75, 3.05) is 12.5 Å². The molecule has 0 aliphatic carbocycles. The molecule has 40 heavy (non-hydrogen) atoms.